The third kappa shape index (κ3) is 3.66. The zero-order valence-corrected chi connectivity index (χ0v) is 20.1. The Morgan fingerprint density at radius 3 is 2.34 bits per heavy atom. The Labute approximate surface area is 181 Å². The highest BCUT2D eigenvalue weighted by atomic mass is 16.3. The summed E-state index contributed by atoms with van der Waals surface area (Å²) in [6.07, 6.45) is 16.9. The molecule has 0 aliphatic heterocycles. The Balaban J connectivity index is 1.48. The fourth-order valence-electron chi connectivity index (χ4n) is 9.25. The van der Waals surface area contributed by atoms with Crippen LogP contribution < -0.4 is 0 Å². The molecule has 10 atom stereocenters. The SMILES string of the molecule is C=C[C@H](C)CC[C@@H](C)[C@H]1CC[C@H]2[C@@H]3CC[C@H]4C[C@@](C)(O)CC[C@]4(C)[C@H]3CC[C@]12C. The summed E-state index contributed by atoms with van der Waals surface area (Å²) >= 11 is 0. The number of aliphatic hydroxyl groups is 1. The molecule has 0 heterocycles. The van der Waals surface area contributed by atoms with Crippen LogP contribution in [0.15, 0.2) is 12.7 Å². The Morgan fingerprint density at radius 1 is 0.897 bits per heavy atom. The number of allylic oxidation sites excluding steroid dienone is 1. The van der Waals surface area contributed by atoms with Gasteiger partial charge in [0.1, 0.15) is 0 Å². The number of hydrogen-bond donors (Lipinski definition) is 1. The second kappa shape index (κ2) is 7.68. The van der Waals surface area contributed by atoms with E-state index in [0.29, 0.717) is 16.7 Å². The summed E-state index contributed by atoms with van der Waals surface area (Å²) in [7, 11) is 0. The normalized spacial score (nSPS) is 51.4. The Hall–Kier alpha value is -0.300. The van der Waals surface area contributed by atoms with Gasteiger partial charge in [0.2, 0.25) is 0 Å². The van der Waals surface area contributed by atoms with Crippen LogP contribution in [0.1, 0.15) is 105 Å². The van der Waals surface area contributed by atoms with Crippen LogP contribution >= 0.6 is 0 Å². The average molecular weight is 401 g/mol. The van der Waals surface area contributed by atoms with Gasteiger partial charge in [-0.1, -0.05) is 33.8 Å². The van der Waals surface area contributed by atoms with E-state index in [4.69, 9.17) is 0 Å². The summed E-state index contributed by atoms with van der Waals surface area (Å²) in [5, 5.41) is 10.7. The standard InChI is InChI=1S/C28H48O/c1-7-19(2)8-9-20(3)23-12-13-24-22-11-10-21-18-26(4,29)16-17-27(21,5)25(22)14-15-28(23,24)6/h7,19-25,29H,1,8-18H2,2-6H3/t19-,20+,21-,22-,23+,24-,25-,26-,27-,28+/m0/s1. The van der Waals surface area contributed by atoms with Gasteiger partial charge in [0.05, 0.1) is 5.60 Å². The molecule has 29 heavy (non-hydrogen) atoms. The molecule has 1 N–H and O–H groups in total. The van der Waals surface area contributed by atoms with Gasteiger partial charge in [-0.05, 0) is 130 Å². The zero-order chi connectivity index (χ0) is 21.0. The van der Waals surface area contributed by atoms with Crippen molar-refractivity contribution < 1.29 is 5.11 Å². The fourth-order valence-corrected chi connectivity index (χ4v) is 9.25. The molecule has 0 saturated heterocycles. The van der Waals surface area contributed by atoms with Crippen LogP contribution in [0.25, 0.3) is 0 Å². The van der Waals surface area contributed by atoms with Crippen molar-refractivity contribution in [2.24, 2.45) is 52.3 Å². The smallest absolute Gasteiger partial charge is 0.0622 e. The monoisotopic (exact) mass is 400 g/mol. The molecule has 1 nitrogen and oxygen atoms in total. The van der Waals surface area contributed by atoms with Gasteiger partial charge in [-0.15, -0.1) is 6.58 Å². The van der Waals surface area contributed by atoms with Gasteiger partial charge in [-0.2, -0.15) is 0 Å². The molecule has 0 bridgehead atoms. The average Bonchev–Trinajstić information content (AvgIpc) is 3.03. The van der Waals surface area contributed by atoms with E-state index in [9.17, 15) is 5.11 Å². The Morgan fingerprint density at radius 2 is 1.62 bits per heavy atom. The van der Waals surface area contributed by atoms with E-state index in [-0.39, 0.29) is 0 Å². The lowest BCUT2D eigenvalue weighted by Crippen LogP contribution is -2.55. The Kier molecular flexibility index (Phi) is 5.81. The first-order chi connectivity index (χ1) is 13.6. The maximum absolute atomic E-state index is 10.7. The molecule has 0 aromatic carbocycles. The van der Waals surface area contributed by atoms with Crippen molar-refractivity contribution in [3.63, 3.8) is 0 Å². The zero-order valence-electron chi connectivity index (χ0n) is 20.1. The number of fused-ring (bicyclic) bond motifs is 5. The van der Waals surface area contributed by atoms with Gasteiger partial charge in [0.15, 0.2) is 0 Å². The van der Waals surface area contributed by atoms with Gasteiger partial charge >= 0.3 is 0 Å². The summed E-state index contributed by atoms with van der Waals surface area (Å²) in [4.78, 5) is 0. The maximum atomic E-state index is 10.7. The molecule has 4 aliphatic rings. The molecule has 1 heteroatoms. The van der Waals surface area contributed by atoms with Gasteiger partial charge in [-0.3, -0.25) is 0 Å². The Bertz CT molecular complexity index is 607. The van der Waals surface area contributed by atoms with Gasteiger partial charge in [0, 0.05) is 0 Å². The van der Waals surface area contributed by atoms with Crippen LogP contribution in [0.2, 0.25) is 0 Å². The topological polar surface area (TPSA) is 20.2 Å². The highest BCUT2D eigenvalue weighted by molar-refractivity contribution is 5.10. The minimum atomic E-state index is -0.406. The lowest BCUT2D eigenvalue weighted by molar-refractivity contribution is -0.148. The lowest BCUT2D eigenvalue weighted by Gasteiger charge is -2.62. The van der Waals surface area contributed by atoms with Crippen molar-refractivity contribution in [2.45, 2.75) is 111 Å². The molecule has 0 aromatic heterocycles. The van der Waals surface area contributed by atoms with Crippen molar-refractivity contribution in [1.82, 2.24) is 0 Å². The lowest BCUT2D eigenvalue weighted by atomic mass is 9.43. The van der Waals surface area contributed by atoms with Crippen molar-refractivity contribution in [1.29, 1.82) is 0 Å². The largest absolute Gasteiger partial charge is 0.390 e. The first-order valence-corrected chi connectivity index (χ1v) is 13.0. The second-order valence-corrected chi connectivity index (χ2v) is 12.9. The molecular formula is C28H48O. The molecule has 166 valence electrons. The maximum Gasteiger partial charge on any atom is 0.0622 e. The van der Waals surface area contributed by atoms with Crippen LogP contribution in [0.5, 0.6) is 0 Å². The van der Waals surface area contributed by atoms with Gasteiger partial charge in [0.25, 0.3) is 0 Å². The first-order valence-electron chi connectivity index (χ1n) is 13.0. The highest BCUT2D eigenvalue weighted by Crippen LogP contribution is 2.68. The third-order valence-electron chi connectivity index (χ3n) is 11.2. The molecule has 4 rings (SSSR count). The predicted octanol–water partition coefficient (Wildman–Crippen LogP) is 7.63. The summed E-state index contributed by atoms with van der Waals surface area (Å²) in [5.41, 5.74) is 0.674. The third-order valence-corrected chi connectivity index (χ3v) is 11.2. The summed E-state index contributed by atoms with van der Waals surface area (Å²) in [6.45, 7) is 16.3. The van der Waals surface area contributed by atoms with Crippen molar-refractivity contribution in [3.05, 3.63) is 12.7 Å². The molecule has 4 fully saturated rings. The second-order valence-electron chi connectivity index (χ2n) is 12.9. The highest BCUT2D eigenvalue weighted by Gasteiger charge is 2.61. The van der Waals surface area contributed by atoms with Crippen LogP contribution in [0.3, 0.4) is 0 Å². The van der Waals surface area contributed by atoms with E-state index in [0.717, 1.165) is 48.3 Å². The van der Waals surface area contributed by atoms with Gasteiger partial charge < -0.3 is 5.11 Å². The number of rotatable bonds is 5. The van der Waals surface area contributed by atoms with Crippen molar-refractivity contribution in [2.75, 3.05) is 0 Å². The summed E-state index contributed by atoms with van der Waals surface area (Å²) < 4.78 is 0. The molecule has 0 amide bonds. The van der Waals surface area contributed by atoms with E-state index >= 15 is 0 Å². The van der Waals surface area contributed by atoms with Crippen LogP contribution in [-0.2, 0) is 0 Å². The van der Waals surface area contributed by atoms with E-state index < -0.39 is 5.60 Å². The van der Waals surface area contributed by atoms with E-state index in [1.165, 1.54) is 57.8 Å². The quantitative estimate of drug-likeness (QED) is 0.470. The molecule has 0 aromatic rings. The van der Waals surface area contributed by atoms with E-state index in [1.807, 2.05) is 0 Å². The molecule has 4 saturated carbocycles. The minimum Gasteiger partial charge on any atom is -0.390 e. The molecule has 0 radical (unpaired) electrons. The molecule has 0 unspecified atom stereocenters. The van der Waals surface area contributed by atoms with Crippen LogP contribution in [-0.4, -0.2) is 10.7 Å². The first kappa shape index (κ1) is 21.9. The minimum absolute atomic E-state index is 0.406. The predicted molar refractivity (Wildman–Crippen MR) is 124 cm³/mol. The van der Waals surface area contributed by atoms with Crippen molar-refractivity contribution >= 4 is 0 Å². The van der Waals surface area contributed by atoms with Crippen molar-refractivity contribution in [3.8, 4) is 0 Å². The van der Waals surface area contributed by atoms with E-state index in [1.54, 1.807) is 0 Å². The van der Waals surface area contributed by atoms with Crippen LogP contribution in [0.4, 0.5) is 0 Å². The fraction of sp³-hybridized carbons (Fsp3) is 0.929. The summed E-state index contributed by atoms with van der Waals surface area (Å²) in [6, 6.07) is 0. The molecular weight excluding hydrogens is 352 g/mol. The summed E-state index contributed by atoms with van der Waals surface area (Å²) in [5.74, 6) is 6.06. The molecule has 0 spiro atoms. The van der Waals surface area contributed by atoms with E-state index in [2.05, 4.69) is 47.3 Å². The van der Waals surface area contributed by atoms with Crippen LogP contribution in [0, 0.1) is 52.3 Å². The number of hydrogen-bond acceptors (Lipinski definition) is 1. The van der Waals surface area contributed by atoms with Gasteiger partial charge in [-0.25, -0.2) is 0 Å². The molecule has 4 aliphatic carbocycles.